The van der Waals surface area contributed by atoms with Crippen LogP contribution in [-0.4, -0.2) is 86.1 Å². The van der Waals surface area contributed by atoms with Crippen molar-refractivity contribution in [2.45, 2.75) is 98.1 Å². The second-order valence-electron chi connectivity index (χ2n) is 16.3. The van der Waals surface area contributed by atoms with E-state index in [4.69, 9.17) is 4.74 Å². The van der Waals surface area contributed by atoms with Gasteiger partial charge in [-0.15, -0.1) is 0 Å². The molecular weight excluding hydrogens is 869 g/mol. The molecule has 0 heterocycles. The number of azo groups is 1. The number of methoxy groups -OCH3 is 1. The maximum atomic E-state index is 13.6. The van der Waals surface area contributed by atoms with Gasteiger partial charge in [-0.1, -0.05) is 40.5 Å². The molecule has 0 bridgehead atoms. The number of carbonyl (C=O) groups is 8. The van der Waals surface area contributed by atoms with E-state index in [0.29, 0.717) is 36.9 Å². The molecule has 8 N–H and O–H groups in total. The SMILES string of the molecule is CCCC(C)(CC)NC(=O)c1cc(C(=O)O)c(C(=O)Nc2ccc(/N=N/c3cc(OC)c(NC(=O)c4cc(C(=O)O)c(C(=O)NC(C)(CC)CCC)cc4C(=O)O)cc3C)cc2)cc1C(=O)O. The van der Waals surface area contributed by atoms with Gasteiger partial charge in [0.05, 0.1) is 68.7 Å². The van der Waals surface area contributed by atoms with Gasteiger partial charge in [0.2, 0.25) is 0 Å². The molecule has 19 heteroatoms. The zero-order chi connectivity index (χ0) is 50.0. The molecule has 2 unspecified atom stereocenters. The minimum Gasteiger partial charge on any atom is -0.494 e. The van der Waals surface area contributed by atoms with E-state index in [1.807, 2.05) is 27.7 Å². The number of amides is 4. The number of hydrogen-bond donors (Lipinski definition) is 8. The van der Waals surface area contributed by atoms with Crippen molar-refractivity contribution in [2.75, 3.05) is 17.7 Å². The van der Waals surface area contributed by atoms with Crippen molar-refractivity contribution in [3.05, 3.63) is 111 Å². The molecule has 19 nitrogen and oxygen atoms in total. The fourth-order valence-corrected chi connectivity index (χ4v) is 7.26. The van der Waals surface area contributed by atoms with Gasteiger partial charge in [-0.25, -0.2) is 19.2 Å². The van der Waals surface area contributed by atoms with Crippen molar-refractivity contribution >= 4 is 70.3 Å². The molecule has 4 amide bonds. The summed E-state index contributed by atoms with van der Waals surface area (Å²) in [6.07, 6.45) is 3.68. The molecule has 67 heavy (non-hydrogen) atoms. The summed E-state index contributed by atoms with van der Waals surface area (Å²) in [7, 11) is 1.30. The van der Waals surface area contributed by atoms with E-state index in [1.165, 1.54) is 43.5 Å². The van der Waals surface area contributed by atoms with Gasteiger partial charge in [-0.3, -0.25) is 19.2 Å². The van der Waals surface area contributed by atoms with Gasteiger partial charge in [0.25, 0.3) is 23.6 Å². The summed E-state index contributed by atoms with van der Waals surface area (Å²) in [5.41, 5.74) is -4.25. The smallest absolute Gasteiger partial charge is 0.336 e. The van der Waals surface area contributed by atoms with Crippen LogP contribution in [0.1, 0.15) is 168 Å². The van der Waals surface area contributed by atoms with Crippen LogP contribution in [0.5, 0.6) is 5.75 Å². The van der Waals surface area contributed by atoms with Crippen molar-refractivity contribution in [1.82, 2.24) is 10.6 Å². The lowest BCUT2D eigenvalue weighted by atomic mass is 9.91. The zero-order valence-electron chi connectivity index (χ0n) is 38.4. The van der Waals surface area contributed by atoms with Gasteiger partial charge < -0.3 is 46.4 Å². The third kappa shape index (κ3) is 12.4. The molecule has 0 aliphatic rings. The molecule has 0 radical (unpaired) electrons. The van der Waals surface area contributed by atoms with Crippen LogP contribution in [0.15, 0.2) is 70.9 Å². The number of nitrogens with zero attached hydrogens (tertiary/aromatic N) is 2. The third-order valence-corrected chi connectivity index (χ3v) is 11.4. The lowest BCUT2D eigenvalue weighted by molar-refractivity contribution is 0.0675. The lowest BCUT2D eigenvalue weighted by Crippen LogP contribution is -2.45. The highest BCUT2D eigenvalue weighted by molar-refractivity contribution is 6.16. The maximum Gasteiger partial charge on any atom is 0.336 e. The number of ether oxygens (including phenoxy) is 1. The van der Waals surface area contributed by atoms with Crippen molar-refractivity contribution in [3.8, 4) is 5.75 Å². The van der Waals surface area contributed by atoms with Gasteiger partial charge in [-0.2, -0.15) is 10.2 Å². The van der Waals surface area contributed by atoms with Crippen LogP contribution < -0.4 is 26.0 Å². The number of hydrogen-bond acceptors (Lipinski definition) is 11. The largest absolute Gasteiger partial charge is 0.494 e. The third-order valence-electron chi connectivity index (χ3n) is 11.4. The number of carboxylic acid groups (broad SMARTS) is 4. The maximum absolute atomic E-state index is 13.6. The van der Waals surface area contributed by atoms with Gasteiger partial charge >= 0.3 is 23.9 Å². The number of benzene rings is 4. The summed E-state index contributed by atoms with van der Waals surface area (Å²) in [6.45, 7) is 12.8. The summed E-state index contributed by atoms with van der Waals surface area (Å²) in [5, 5.41) is 59.2. The number of rotatable bonds is 21. The van der Waals surface area contributed by atoms with E-state index < -0.39 is 103 Å². The second kappa shape index (κ2) is 21.8. The Hall–Kier alpha value is -7.96. The highest BCUT2D eigenvalue weighted by Crippen LogP contribution is 2.35. The minimum absolute atomic E-state index is 0.0725. The average Bonchev–Trinajstić information content (AvgIpc) is 3.28. The number of aryl methyl sites for hydroxylation is 1. The summed E-state index contributed by atoms with van der Waals surface area (Å²) < 4.78 is 5.47. The Kier molecular flexibility index (Phi) is 16.8. The number of anilines is 2. The summed E-state index contributed by atoms with van der Waals surface area (Å²) >= 11 is 0. The van der Waals surface area contributed by atoms with Gasteiger partial charge in [0, 0.05) is 22.8 Å². The Morgan fingerprint density at radius 1 is 0.537 bits per heavy atom. The standard InChI is InChI=1S/C48H54N6O13/c1-9-17-47(6,11-3)51-41(57)30-22-32(43(59)60)28(20-34(30)45(63)64)39(55)49-26-13-15-27(16-14-26)53-54-36-24-38(67-8)37(19-25(36)5)50-40(56)29-21-35(46(65)66)31(23-33(29)44(61)62)42(58)52-48(7,12-4)18-10-2/h13-16,19-24H,9-12,17-18H2,1-8H3,(H,49,55)(H,50,56)(H,51,57)(H,52,58)(H,59,60)(H,61,62)(H,63,64)(H,65,66)/b54-53+. The van der Waals surface area contributed by atoms with Crippen molar-refractivity contribution < 1.29 is 63.5 Å². The molecule has 4 rings (SSSR count). The van der Waals surface area contributed by atoms with E-state index in [1.54, 1.807) is 20.8 Å². The first-order valence-electron chi connectivity index (χ1n) is 21.3. The molecule has 354 valence electrons. The van der Waals surface area contributed by atoms with Gasteiger partial charge in [-0.05, 0) is 107 Å². The summed E-state index contributed by atoms with van der Waals surface area (Å²) in [4.78, 5) is 103. The van der Waals surface area contributed by atoms with Crippen molar-refractivity contribution in [3.63, 3.8) is 0 Å². The minimum atomic E-state index is -1.58. The predicted molar refractivity (Wildman–Crippen MR) is 247 cm³/mol. The number of aromatic carboxylic acids is 4. The molecule has 0 saturated carbocycles. The van der Waals surface area contributed by atoms with Crippen LogP contribution >= 0.6 is 0 Å². The van der Waals surface area contributed by atoms with Gasteiger partial charge in [0.1, 0.15) is 5.75 Å². The molecule has 0 aliphatic carbocycles. The van der Waals surface area contributed by atoms with Crippen LogP contribution in [0.4, 0.5) is 22.7 Å². The molecule has 2 atom stereocenters. The van der Waals surface area contributed by atoms with E-state index in [2.05, 4.69) is 31.5 Å². The van der Waals surface area contributed by atoms with Crippen molar-refractivity contribution in [2.24, 2.45) is 10.2 Å². The van der Waals surface area contributed by atoms with Crippen LogP contribution in [0.3, 0.4) is 0 Å². The normalized spacial score (nSPS) is 12.8. The zero-order valence-corrected chi connectivity index (χ0v) is 38.4. The summed E-state index contributed by atoms with van der Waals surface area (Å²) in [5.74, 6) is -9.70. The molecule has 0 saturated heterocycles. The Morgan fingerprint density at radius 3 is 1.28 bits per heavy atom. The first kappa shape index (κ1) is 51.7. The lowest BCUT2D eigenvalue weighted by Gasteiger charge is -2.29. The number of carboxylic acids is 4. The molecular formula is C48H54N6O13. The predicted octanol–water partition coefficient (Wildman–Crippen LogP) is 9.11. The van der Waals surface area contributed by atoms with Crippen molar-refractivity contribution in [1.29, 1.82) is 0 Å². The van der Waals surface area contributed by atoms with E-state index >= 15 is 0 Å². The number of nitrogens with one attached hydrogen (secondary N) is 4. The van der Waals surface area contributed by atoms with Crippen LogP contribution in [0, 0.1) is 6.92 Å². The van der Waals surface area contributed by atoms with Crippen LogP contribution in [0.2, 0.25) is 0 Å². The second-order valence-corrected chi connectivity index (χ2v) is 16.3. The highest BCUT2D eigenvalue weighted by Gasteiger charge is 2.32. The van der Waals surface area contributed by atoms with E-state index in [0.717, 1.165) is 37.1 Å². The number of carbonyl (C=O) groups excluding carboxylic acids is 4. The Bertz CT molecular complexity index is 2660. The van der Waals surface area contributed by atoms with Gasteiger partial charge in [0.15, 0.2) is 0 Å². The highest BCUT2D eigenvalue weighted by atomic mass is 16.5. The molecule has 0 spiro atoms. The van der Waals surface area contributed by atoms with Crippen LogP contribution in [-0.2, 0) is 0 Å². The fourth-order valence-electron chi connectivity index (χ4n) is 7.26. The molecule has 4 aromatic rings. The monoisotopic (exact) mass is 922 g/mol. The average molecular weight is 923 g/mol. The Balaban J connectivity index is 1.57. The van der Waals surface area contributed by atoms with E-state index in [9.17, 15) is 58.8 Å². The Morgan fingerprint density at radius 2 is 0.925 bits per heavy atom. The molecule has 4 aromatic carbocycles. The fraction of sp³-hybridized carbons (Fsp3) is 0.333. The molecule has 0 aliphatic heterocycles. The topological polar surface area (TPSA) is 300 Å². The summed E-state index contributed by atoms with van der Waals surface area (Å²) in [6, 6.07) is 12.2. The molecule has 0 fully saturated rings. The van der Waals surface area contributed by atoms with Crippen LogP contribution in [0.25, 0.3) is 0 Å². The van der Waals surface area contributed by atoms with E-state index in [-0.39, 0.29) is 22.8 Å². The quantitative estimate of drug-likeness (QED) is 0.0362. The Labute approximate surface area is 386 Å². The molecule has 0 aromatic heterocycles. The first-order valence-corrected chi connectivity index (χ1v) is 21.3. The first-order chi connectivity index (χ1) is 31.5.